The van der Waals surface area contributed by atoms with Gasteiger partial charge in [-0.3, -0.25) is 5.10 Å². The fourth-order valence-electron chi connectivity index (χ4n) is 2.13. The number of nitrogens with zero attached hydrogens (tertiary/aromatic N) is 2. The summed E-state index contributed by atoms with van der Waals surface area (Å²) in [5.74, 6) is 2.16. The van der Waals surface area contributed by atoms with Crippen LogP contribution in [0.3, 0.4) is 0 Å². The van der Waals surface area contributed by atoms with Gasteiger partial charge in [0, 0.05) is 24.0 Å². The summed E-state index contributed by atoms with van der Waals surface area (Å²) in [5, 5.41) is 13.6. The average molecular weight is 409 g/mol. The lowest BCUT2D eigenvalue weighted by Gasteiger charge is -2.24. The van der Waals surface area contributed by atoms with E-state index in [1.807, 2.05) is 6.07 Å². The summed E-state index contributed by atoms with van der Waals surface area (Å²) >= 11 is 2.06. The second-order valence-electron chi connectivity index (χ2n) is 5.03. The predicted octanol–water partition coefficient (Wildman–Crippen LogP) is 2.37. The number of thioether (sulfide) groups is 1. The molecule has 5 nitrogen and oxygen atoms in total. The van der Waals surface area contributed by atoms with Crippen LogP contribution in [0.15, 0.2) is 17.3 Å². The Hall–Kier alpha value is -0.440. The molecule has 114 valence electrons. The van der Waals surface area contributed by atoms with E-state index in [1.54, 1.807) is 6.20 Å². The molecule has 3 N–H and O–H groups in total. The van der Waals surface area contributed by atoms with Gasteiger partial charge in [-0.05, 0) is 38.5 Å². The van der Waals surface area contributed by atoms with Crippen LogP contribution in [0.2, 0.25) is 0 Å². The fraction of sp³-hybridized carbons (Fsp3) is 0.692. The van der Waals surface area contributed by atoms with Gasteiger partial charge in [0.05, 0.1) is 12.2 Å². The maximum absolute atomic E-state index is 4.56. The van der Waals surface area contributed by atoms with E-state index >= 15 is 0 Å². The van der Waals surface area contributed by atoms with Crippen LogP contribution in [0.25, 0.3) is 0 Å². The summed E-state index contributed by atoms with van der Waals surface area (Å²) in [4.78, 5) is 4.56. The molecule has 1 aromatic heterocycles. The molecule has 0 aliphatic carbocycles. The van der Waals surface area contributed by atoms with E-state index in [-0.39, 0.29) is 24.0 Å². The van der Waals surface area contributed by atoms with Gasteiger partial charge >= 0.3 is 0 Å². The van der Waals surface area contributed by atoms with E-state index in [4.69, 9.17) is 0 Å². The number of halogens is 1. The SMILES string of the molecule is CCNC(=NCc1ccn[nH]1)NCC1(C)CCCS1.I. The number of aromatic nitrogens is 2. The third kappa shape index (κ3) is 5.51. The standard InChI is InChI=1S/C13H23N5S.HI/c1-3-14-12(15-9-11-5-7-17-18-11)16-10-13(2)6-4-8-19-13;/h5,7H,3-4,6,8-10H2,1-2H3,(H,17,18)(H2,14,15,16);1H. The molecule has 0 amide bonds. The van der Waals surface area contributed by atoms with Crippen LogP contribution < -0.4 is 10.6 Å². The molecule has 20 heavy (non-hydrogen) atoms. The number of guanidine groups is 1. The number of hydrogen-bond acceptors (Lipinski definition) is 3. The monoisotopic (exact) mass is 409 g/mol. The molecule has 0 saturated carbocycles. The van der Waals surface area contributed by atoms with Gasteiger partial charge in [-0.1, -0.05) is 0 Å². The molecule has 7 heteroatoms. The third-order valence-electron chi connectivity index (χ3n) is 3.24. The number of hydrogen-bond donors (Lipinski definition) is 3. The zero-order valence-corrected chi connectivity index (χ0v) is 15.3. The summed E-state index contributed by atoms with van der Waals surface area (Å²) in [5.41, 5.74) is 1.03. The lowest BCUT2D eigenvalue weighted by Crippen LogP contribution is -2.43. The normalized spacial score (nSPS) is 22.4. The van der Waals surface area contributed by atoms with Crippen molar-refractivity contribution in [2.45, 2.75) is 38.0 Å². The van der Waals surface area contributed by atoms with Crippen molar-refractivity contribution in [1.29, 1.82) is 0 Å². The van der Waals surface area contributed by atoms with Gasteiger partial charge in [-0.15, -0.1) is 24.0 Å². The molecule has 2 heterocycles. The first-order valence-electron chi connectivity index (χ1n) is 6.86. The molecule has 1 aromatic rings. The lowest BCUT2D eigenvalue weighted by molar-refractivity contribution is 0.584. The minimum absolute atomic E-state index is 0. The first kappa shape index (κ1) is 17.6. The Labute approximate surface area is 142 Å². The lowest BCUT2D eigenvalue weighted by atomic mass is 10.1. The molecular weight excluding hydrogens is 385 g/mol. The quantitative estimate of drug-likeness (QED) is 0.397. The Morgan fingerprint density at radius 2 is 2.40 bits per heavy atom. The molecule has 1 unspecified atom stereocenters. The van der Waals surface area contributed by atoms with Crippen molar-refractivity contribution in [3.63, 3.8) is 0 Å². The molecule has 1 fully saturated rings. The highest BCUT2D eigenvalue weighted by Gasteiger charge is 2.29. The van der Waals surface area contributed by atoms with Gasteiger partial charge in [-0.25, -0.2) is 4.99 Å². The summed E-state index contributed by atoms with van der Waals surface area (Å²) in [6.07, 6.45) is 4.36. The van der Waals surface area contributed by atoms with Crippen molar-refractivity contribution in [2.75, 3.05) is 18.8 Å². The first-order valence-corrected chi connectivity index (χ1v) is 7.85. The Kier molecular flexibility index (Phi) is 7.71. The Balaban J connectivity index is 0.00000200. The van der Waals surface area contributed by atoms with E-state index in [1.165, 1.54) is 18.6 Å². The Bertz CT molecular complexity index is 401. The van der Waals surface area contributed by atoms with Crippen molar-refractivity contribution in [1.82, 2.24) is 20.8 Å². The molecule has 2 rings (SSSR count). The van der Waals surface area contributed by atoms with Crippen molar-refractivity contribution in [2.24, 2.45) is 4.99 Å². The van der Waals surface area contributed by atoms with Crippen LogP contribution in [0.4, 0.5) is 0 Å². The van der Waals surface area contributed by atoms with Gasteiger partial charge in [0.1, 0.15) is 0 Å². The Morgan fingerprint density at radius 3 is 3.00 bits per heavy atom. The largest absolute Gasteiger partial charge is 0.357 e. The summed E-state index contributed by atoms with van der Waals surface area (Å²) in [7, 11) is 0. The smallest absolute Gasteiger partial charge is 0.191 e. The molecule has 0 aromatic carbocycles. The number of nitrogens with one attached hydrogen (secondary N) is 3. The molecule has 0 spiro atoms. The molecule has 0 radical (unpaired) electrons. The number of aromatic amines is 1. The van der Waals surface area contributed by atoms with E-state index in [2.05, 4.69) is 51.4 Å². The zero-order valence-electron chi connectivity index (χ0n) is 12.1. The first-order chi connectivity index (χ1) is 9.22. The zero-order chi connectivity index (χ0) is 13.6. The van der Waals surface area contributed by atoms with E-state index in [0.717, 1.165) is 24.7 Å². The molecule has 1 aliphatic rings. The van der Waals surface area contributed by atoms with Crippen LogP contribution in [-0.4, -0.2) is 39.7 Å². The van der Waals surface area contributed by atoms with Crippen LogP contribution in [0, 0.1) is 0 Å². The topological polar surface area (TPSA) is 65.1 Å². The van der Waals surface area contributed by atoms with Crippen LogP contribution in [0.5, 0.6) is 0 Å². The van der Waals surface area contributed by atoms with Gasteiger partial charge < -0.3 is 10.6 Å². The highest BCUT2D eigenvalue weighted by atomic mass is 127. The van der Waals surface area contributed by atoms with Gasteiger partial charge in [0.25, 0.3) is 0 Å². The molecule has 1 atom stereocenters. The number of aliphatic imine (C=N–C) groups is 1. The average Bonchev–Trinajstić information content (AvgIpc) is 3.05. The van der Waals surface area contributed by atoms with Gasteiger partial charge in [-0.2, -0.15) is 16.9 Å². The summed E-state index contributed by atoms with van der Waals surface area (Å²) in [6.45, 7) is 6.87. The van der Waals surface area contributed by atoms with Crippen molar-refractivity contribution >= 4 is 41.7 Å². The minimum Gasteiger partial charge on any atom is -0.357 e. The maximum atomic E-state index is 4.56. The number of rotatable bonds is 5. The van der Waals surface area contributed by atoms with Gasteiger partial charge in [0.2, 0.25) is 0 Å². The van der Waals surface area contributed by atoms with Crippen LogP contribution in [0.1, 0.15) is 32.4 Å². The summed E-state index contributed by atoms with van der Waals surface area (Å²) in [6, 6.07) is 1.95. The number of H-pyrrole nitrogens is 1. The highest BCUT2D eigenvalue weighted by molar-refractivity contribution is 14.0. The third-order valence-corrected chi connectivity index (χ3v) is 4.78. The highest BCUT2D eigenvalue weighted by Crippen LogP contribution is 2.36. The van der Waals surface area contributed by atoms with E-state index in [9.17, 15) is 0 Å². The second-order valence-corrected chi connectivity index (χ2v) is 6.72. The van der Waals surface area contributed by atoms with Crippen molar-refractivity contribution in [3.8, 4) is 0 Å². The maximum Gasteiger partial charge on any atom is 0.191 e. The molecular formula is C13H24IN5S. The fourth-order valence-corrected chi connectivity index (χ4v) is 3.37. The van der Waals surface area contributed by atoms with Gasteiger partial charge in [0.15, 0.2) is 5.96 Å². The second kappa shape index (κ2) is 8.76. The minimum atomic E-state index is 0. The molecule has 0 bridgehead atoms. The molecule has 1 aliphatic heterocycles. The predicted molar refractivity (Wildman–Crippen MR) is 96.9 cm³/mol. The van der Waals surface area contributed by atoms with E-state index < -0.39 is 0 Å². The Morgan fingerprint density at radius 1 is 1.55 bits per heavy atom. The summed E-state index contributed by atoms with van der Waals surface area (Å²) < 4.78 is 0.351. The van der Waals surface area contributed by atoms with Crippen molar-refractivity contribution in [3.05, 3.63) is 18.0 Å². The van der Waals surface area contributed by atoms with Crippen LogP contribution in [-0.2, 0) is 6.54 Å². The van der Waals surface area contributed by atoms with Crippen molar-refractivity contribution < 1.29 is 0 Å². The van der Waals surface area contributed by atoms with E-state index in [0.29, 0.717) is 11.3 Å². The molecule has 1 saturated heterocycles. The van der Waals surface area contributed by atoms with Crippen LogP contribution >= 0.6 is 35.7 Å².